The summed E-state index contributed by atoms with van der Waals surface area (Å²) in [5, 5.41) is 10.6. The van der Waals surface area contributed by atoms with E-state index in [1.54, 1.807) is 0 Å². The van der Waals surface area contributed by atoms with Crippen LogP contribution in [-0.2, 0) is 13.5 Å². The predicted molar refractivity (Wildman–Crippen MR) is 62.9 cm³/mol. The minimum absolute atomic E-state index is 0.219. The van der Waals surface area contributed by atoms with Crippen molar-refractivity contribution in [3.8, 4) is 0 Å². The van der Waals surface area contributed by atoms with E-state index >= 15 is 0 Å². The molecule has 15 heavy (non-hydrogen) atoms. The number of fused-ring (bicyclic) bond motifs is 1. The van der Waals surface area contributed by atoms with Crippen LogP contribution in [0.4, 0.5) is 0 Å². The van der Waals surface area contributed by atoms with Crippen molar-refractivity contribution in [3.05, 3.63) is 36.0 Å². The molecule has 80 valence electrons. The van der Waals surface area contributed by atoms with Gasteiger partial charge >= 0.3 is 0 Å². The summed E-state index contributed by atoms with van der Waals surface area (Å²) in [5.74, 6) is 0. The molecule has 2 heteroatoms. The molecular weight excluding hydrogens is 186 g/mol. The van der Waals surface area contributed by atoms with Gasteiger partial charge in [-0.25, -0.2) is 0 Å². The largest absolute Gasteiger partial charge is 0.393 e. The van der Waals surface area contributed by atoms with Gasteiger partial charge in [-0.3, -0.25) is 0 Å². The highest BCUT2D eigenvalue weighted by atomic mass is 16.3. The second-order valence-corrected chi connectivity index (χ2v) is 4.17. The number of para-hydroxylation sites is 1. The van der Waals surface area contributed by atoms with Gasteiger partial charge in [0.1, 0.15) is 0 Å². The highest BCUT2D eigenvalue weighted by Gasteiger charge is 2.06. The topological polar surface area (TPSA) is 25.2 Å². The molecule has 0 radical (unpaired) electrons. The Morgan fingerprint density at radius 2 is 2.07 bits per heavy atom. The Balaban J connectivity index is 2.35. The molecule has 0 saturated carbocycles. The van der Waals surface area contributed by atoms with Gasteiger partial charge < -0.3 is 9.67 Å². The lowest BCUT2D eigenvalue weighted by atomic mass is 10.1. The number of benzene rings is 1. The summed E-state index contributed by atoms with van der Waals surface area (Å²) in [7, 11) is 2.06. The molecule has 1 unspecified atom stereocenters. The molecule has 1 atom stereocenters. The zero-order valence-electron chi connectivity index (χ0n) is 9.27. The highest BCUT2D eigenvalue weighted by molar-refractivity contribution is 5.83. The molecule has 2 nitrogen and oxygen atoms in total. The fourth-order valence-corrected chi connectivity index (χ4v) is 1.99. The molecule has 0 aliphatic heterocycles. The van der Waals surface area contributed by atoms with Gasteiger partial charge in [0.25, 0.3) is 0 Å². The summed E-state index contributed by atoms with van der Waals surface area (Å²) in [6.07, 6.45) is 3.71. The summed E-state index contributed by atoms with van der Waals surface area (Å²) >= 11 is 0. The standard InChI is InChI=1S/C13H17NO/c1-10(15)7-8-11-9-14(2)13-6-4-3-5-12(11)13/h3-6,9-10,15H,7-8H2,1-2H3. The van der Waals surface area contributed by atoms with Crippen LogP contribution in [0.2, 0.25) is 0 Å². The van der Waals surface area contributed by atoms with E-state index < -0.39 is 0 Å². The Kier molecular flexibility index (Phi) is 2.78. The number of aliphatic hydroxyl groups excluding tert-OH is 1. The van der Waals surface area contributed by atoms with Crippen LogP contribution < -0.4 is 0 Å². The average Bonchev–Trinajstić information content (AvgIpc) is 2.54. The fraction of sp³-hybridized carbons (Fsp3) is 0.385. The first kappa shape index (κ1) is 10.2. The van der Waals surface area contributed by atoms with Crippen molar-refractivity contribution in [1.82, 2.24) is 4.57 Å². The summed E-state index contributed by atoms with van der Waals surface area (Å²) in [6.45, 7) is 1.84. The third-order valence-corrected chi connectivity index (χ3v) is 2.81. The number of nitrogens with zero attached hydrogens (tertiary/aromatic N) is 1. The van der Waals surface area contributed by atoms with Gasteiger partial charge in [0, 0.05) is 24.1 Å². The van der Waals surface area contributed by atoms with Gasteiger partial charge in [0.05, 0.1) is 6.10 Å². The van der Waals surface area contributed by atoms with Crippen molar-refractivity contribution >= 4 is 10.9 Å². The van der Waals surface area contributed by atoms with Gasteiger partial charge in [-0.1, -0.05) is 18.2 Å². The number of aromatic nitrogens is 1. The molecule has 1 N–H and O–H groups in total. The van der Waals surface area contributed by atoms with Gasteiger partial charge in [0.2, 0.25) is 0 Å². The van der Waals surface area contributed by atoms with Gasteiger partial charge in [-0.05, 0) is 31.4 Å². The molecule has 1 aromatic carbocycles. The second-order valence-electron chi connectivity index (χ2n) is 4.17. The Bertz CT molecular complexity index is 457. The maximum Gasteiger partial charge on any atom is 0.0515 e. The number of hydrogen-bond donors (Lipinski definition) is 1. The Morgan fingerprint density at radius 1 is 1.33 bits per heavy atom. The molecule has 0 amide bonds. The average molecular weight is 203 g/mol. The minimum atomic E-state index is -0.219. The summed E-state index contributed by atoms with van der Waals surface area (Å²) in [6, 6.07) is 8.39. The lowest BCUT2D eigenvalue weighted by molar-refractivity contribution is 0.185. The van der Waals surface area contributed by atoms with E-state index in [9.17, 15) is 5.11 Å². The van der Waals surface area contributed by atoms with Crippen LogP contribution in [0.3, 0.4) is 0 Å². The van der Waals surface area contributed by atoms with Gasteiger partial charge in [-0.15, -0.1) is 0 Å². The van der Waals surface area contributed by atoms with Crippen molar-refractivity contribution in [2.75, 3.05) is 0 Å². The van der Waals surface area contributed by atoms with Crippen molar-refractivity contribution in [3.63, 3.8) is 0 Å². The van der Waals surface area contributed by atoms with E-state index in [-0.39, 0.29) is 6.10 Å². The van der Waals surface area contributed by atoms with Crippen molar-refractivity contribution in [2.24, 2.45) is 7.05 Å². The molecule has 1 heterocycles. The Hall–Kier alpha value is -1.28. The normalized spacial score (nSPS) is 13.3. The summed E-state index contributed by atoms with van der Waals surface area (Å²) in [5.41, 5.74) is 2.59. The van der Waals surface area contributed by atoms with E-state index in [0.717, 1.165) is 12.8 Å². The number of hydrogen-bond acceptors (Lipinski definition) is 1. The molecule has 0 spiro atoms. The van der Waals surface area contributed by atoms with Gasteiger partial charge in [-0.2, -0.15) is 0 Å². The van der Waals surface area contributed by atoms with E-state index in [1.165, 1.54) is 16.5 Å². The predicted octanol–water partition coefficient (Wildman–Crippen LogP) is 2.49. The number of rotatable bonds is 3. The molecule has 2 aromatic rings. The second kappa shape index (κ2) is 4.07. The fourth-order valence-electron chi connectivity index (χ4n) is 1.99. The maximum absolute atomic E-state index is 9.29. The van der Waals surface area contributed by atoms with Crippen LogP contribution in [-0.4, -0.2) is 15.8 Å². The Morgan fingerprint density at radius 3 is 2.80 bits per heavy atom. The monoisotopic (exact) mass is 203 g/mol. The smallest absolute Gasteiger partial charge is 0.0515 e. The molecule has 0 saturated heterocycles. The van der Waals surface area contributed by atoms with E-state index in [4.69, 9.17) is 0 Å². The number of aryl methyl sites for hydroxylation is 2. The molecule has 0 bridgehead atoms. The quantitative estimate of drug-likeness (QED) is 0.814. The summed E-state index contributed by atoms with van der Waals surface area (Å²) in [4.78, 5) is 0. The van der Waals surface area contributed by atoms with Crippen molar-refractivity contribution in [1.29, 1.82) is 0 Å². The molecule has 0 aliphatic carbocycles. The lowest BCUT2D eigenvalue weighted by Crippen LogP contribution is -2.00. The third-order valence-electron chi connectivity index (χ3n) is 2.81. The minimum Gasteiger partial charge on any atom is -0.393 e. The first-order valence-corrected chi connectivity index (χ1v) is 5.39. The zero-order valence-corrected chi connectivity index (χ0v) is 9.27. The van der Waals surface area contributed by atoms with Crippen LogP contribution in [0, 0.1) is 0 Å². The molecule has 0 aliphatic rings. The van der Waals surface area contributed by atoms with E-state index in [2.05, 4.69) is 42.1 Å². The molecular formula is C13H17NO. The third kappa shape index (κ3) is 2.05. The molecule has 1 aromatic heterocycles. The first-order chi connectivity index (χ1) is 7.18. The zero-order chi connectivity index (χ0) is 10.8. The highest BCUT2D eigenvalue weighted by Crippen LogP contribution is 2.21. The van der Waals surface area contributed by atoms with Crippen LogP contribution in [0.25, 0.3) is 10.9 Å². The first-order valence-electron chi connectivity index (χ1n) is 5.39. The van der Waals surface area contributed by atoms with Crippen LogP contribution in [0.15, 0.2) is 30.5 Å². The van der Waals surface area contributed by atoms with Crippen molar-refractivity contribution < 1.29 is 5.11 Å². The van der Waals surface area contributed by atoms with Crippen LogP contribution in [0.1, 0.15) is 18.9 Å². The maximum atomic E-state index is 9.29. The lowest BCUT2D eigenvalue weighted by Gasteiger charge is -2.02. The van der Waals surface area contributed by atoms with E-state index in [0.29, 0.717) is 0 Å². The van der Waals surface area contributed by atoms with Crippen LogP contribution >= 0.6 is 0 Å². The summed E-state index contributed by atoms with van der Waals surface area (Å²) < 4.78 is 2.15. The number of aliphatic hydroxyl groups is 1. The van der Waals surface area contributed by atoms with Crippen LogP contribution in [0.5, 0.6) is 0 Å². The van der Waals surface area contributed by atoms with E-state index in [1.807, 2.05) is 6.92 Å². The SMILES string of the molecule is CC(O)CCc1cn(C)c2ccccc12. The molecule has 0 fully saturated rings. The van der Waals surface area contributed by atoms with Crippen molar-refractivity contribution in [2.45, 2.75) is 25.9 Å². The Labute approximate surface area is 90.2 Å². The van der Waals surface area contributed by atoms with Gasteiger partial charge in [0.15, 0.2) is 0 Å². The molecule has 2 rings (SSSR count).